The molecule has 21 heavy (non-hydrogen) atoms. The van der Waals surface area contributed by atoms with Gasteiger partial charge in [-0.05, 0) is 61.0 Å². The van der Waals surface area contributed by atoms with Gasteiger partial charge in [0.1, 0.15) is 0 Å². The summed E-state index contributed by atoms with van der Waals surface area (Å²) < 4.78 is 0.757. The normalized spacial score (nSPS) is 16.5. The van der Waals surface area contributed by atoms with E-state index in [2.05, 4.69) is 33.2 Å². The van der Waals surface area contributed by atoms with E-state index in [1.165, 1.54) is 0 Å². The van der Waals surface area contributed by atoms with Gasteiger partial charge in [-0.15, -0.1) is 0 Å². The molecule has 2 amide bonds. The van der Waals surface area contributed by atoms with Gasteiger partial charge in [-0.2, -0.15) is 0 Å². The summed E-state index contributed by atoms with van der Waals surface area (Å²) in [6.07, 6.45) is 1.81. The van der Waals surface area contributed by atoms with Crippen LogP contribution in [0.3, 0.4) is 0 Å². The number of anilines is 1. The standard InChI is InChI=1S/C15H20BrN3O2/c1-18-9-7-11(8-10-18)19(2)15(21)14(20)17-13-6-4-3-5-12(13)16/h3-6,11H,7-10H2,1-2H3,(H,17,20). The first-order valence-corrected chi connectivity index (χ1v) is 7.79. The van der Waals surface area contributed by atoms with Crippen LogP contribution < -0.4 is 5.32 Å². The minimum atomic E-state index is -0.594. The van der Waals surface area contributed by atoms with Gasteiger partial charge < -0.3 is 15.1 Å². The highest BCUT2D eigenvalue weighted by Gasteiger charge is 2.28. The molecule has 1 fully saturated rings. The Morgan fingerprint density at radius 2 is 1.90 bits per heavy atom. The Balaban J connectivity index is 1.96. The highest BCUT2D eigenvalue weighted by molar-refractivity contribution is 9.10. The largest absolute Gasteiger partial charge is 0.334 e. The summed E-state index contributed by atoms with van der Waals surface area (Å²) in [5, 5.41) is 2.65. The number of carbonyl (C=O) groups excluding carboxylic acids is 2. The number of rotatable bonds is 2. The third-order valence-corrected chi connectivity index (χ3v) is 4.56. The van der Waals surface area contributed by atoms with E-state index in [9.17, 15) is 9.59 Å². The van der Waals surface area contributed by atoms with Gasteiger partial charge in [0.15, 0.2) is 0 Å². The first-order chi connectivity index (χ1) is 9.99. The number of carbonyl (C=O) groups is 2. The smallest absolute Gasteiger partial charge is 0.313 e. The number of nitrogens with one attached hydrogen (secondary N) is 1. The van der Waals surface area contributed by atoms with Crippen LogP contribution >= 0.6 is 15.9 Å². The maximum absolute atomic E-state index is 12.2. The summed E-state index contributed by atoms with van der Waals surface area (Å²) in [5.41, 5.74) is 0.604. The number of hydrogen-bond acceptors (Lipinski definition) is 3. The second kappa shape index (κ2) is 7.04. The maximum Gasteiger partial charge on any atom is 0.313 e. The minimum absolute atomic E-state index is 0.138. The Bertz CT molecular complexity index is 527. The molecule has 0 aliphatic carbocycles. The summed E-state index contributed by atoms with van der Waals surface area (Å²) in [5.74, 6) is -1.08. The Morgan fingerprint density at radius 3 is 2.52 bits per heavy atom. The van der Waals surface area contributed by atoms with Crippen molar-refractivity contribution in [1.82, 2.24) is 9.80 Å². The minimum Gasteiger partial charge on any atom is -0.334 e. The van der Waals surface area contributed by atoms with E-state index >= 15 is 0 Å². The molecule has 0 bridgehead atoms. The number of para-hydroxylation sites is 1. The summed E-state index contributed by atoms with van der Waals surface area (Å²) in [6, 6.07) is 7.38. The van der Waals surface area contributed by atoms with Crippen molar-refractivity contribution in [2.45, 2.75) is 18.9 Å². The van der Waals surface area contributed by atoms with Gasteiger partial charge in [0.2, 0.25) is 0 Å². The first kappa shape index (κ1) is 16.0. The van der Waals surface area contributed by atoms with Crippen molar-refractivity contribution >= 4 is 33.4 Å². The summed E-state index contributed by atoms with van der Waals surface area (Å²) in [7, 11) is 3.77. The molecule has 1 saturated heterocycles. The number of hydrogen-bond donors (Lipinski definition) is 1. The topological polar surface area (TPSA) is 52.7 Å². The lowest BCUT2D eigenvalue weighted by Gasteiger charge is -2.34. The number of nitrogens with zero attached hydrogens (tertiary/aromatic N) is 2. The maximum atomic E-state index is 12.2. The molecule has 1 aromatic carbocycles. The van der Waals surface area contributed by atoms with Crippen LogP contribution in [0, 0.1) is 0 Å². The first-order valence-electron chi connectivity index (χ1n) is 7.00. The third-order valence-electron chi connectivity index (χ3n) is 3.87. The summed E-state index contributed by atoms with van der Waals surface area (Å²) >= 11 is 3.35. The van der Waals surface area contributed by atoms with Crippen LogP contribution in [0.5, 0.6) is 0 Å². The number of likely N-dealkylation sites (tertiary alicyclic amines) is 1. The van der Waals surface area contributed by atoms with E-state index in [1.54, 1.807) is 18.0 Å². The third kappa shape index (κ3) is 4.04. The van der Waals surface area contributed by atoms with E-state index < -0.39 is 11.8 Å². The zero-order valence-electron chi connectivity index (χ0n) is 12.3. The van der Waals surface area contributed by atoms with E-state index in [1.807, 2.05) is 18.2 Å². The van der Waals surface area contributed by atoms with Crippen LogP contribution in [0.2, 0.25) is 0 Å². The van der Waals surface area contributed by atoms with Crippen LogP contribution in [-0.4, -0.2) is 54.8 Å². The monoisotopic (exact) mass is 353 g/mol. The second-order valence-electron chi connectivity index (χ2n) is 5.38. The summed E-state index contributed by atoms with van der Waals surface area (Å²) in [6.45, 7) is 1.91. The lowest BCUT2D eigenvalue weighted by atomic mass is 10.0. The molecule has 0 atom stereocenters. The van der Waals surface area contributed by atoms with E-state index in [0.717, 1.165) is 30.4 Å². The number of amides is 2. The zero-order valence-corrected chi connectivity index (χ0v) is 13.9. The average Bonchev–Trinajstić information content (AvgIpc) is 2.49. The van der Waals surface area contributed by atoms with Gasteiger partial charge >= 0.3 is 11.8 Å². The van der Waals surface area contributed by atoms with Gasteiger partial charge in [0.25, 0.3) is 0 Å². The molecular formula is C15H20BrN3O2. The molecule has 1 N–H and O–H groups in total. The van der Waals surface area contributed by atoms with Crippen LogP contribution in [-0.2, 0) is 9.59 Å². The van der Waals surface area contributed by atoms with Crippen molar-refractivity contribution in [3.8, 4) is 0 Å². The van der Waals surface area contributed by atoms with Crippen LogP contribution in [0.15, 0.2) is 28.7 Å². The molecule has 1 aliphatic heterocycles. The molecule has 2 rings (SSSR count). The van der Waals surface area contributed by atoms with Gasteiger partial charge in [-0.1, -0.05) is 12.1 Å². The van der Waals surface area contributed by atoms with Crippen molar-refractivity contribution in [3.05, 3.63) is 28.7 Å². The van der Waals surface area contributed by atoms with E-state index in [4.69, 9.17) is 0 Å². The van der Waals surface area contributed by atoms with Gasteiger partial charge in [0.05, 0.1) is 5.69 Å². The zero-order chi connectivity index (χ0) is 15.4. The number of benzene rings is 1. The molecule has 1 aliphatic rings. The molecule has 1 heterocycles. The molecule has 0 spiro atoms. The van der Waals surface area contributed by atoms with Crippen molar-refractivity contribution in [1.29, 1.82) is 0 Å². The molecule has 1 aromatic rings. The molecule has 6 heteroatoms. The second-order valence-corrected chi connectivity index (χ2v) is 6.24. The van der Waals surface area contributed by atoms with Crippen molar-refractivity contribution in [2.75, 3.05) is 32.5 Å². The Hall–Kier alpha value is -1.40. The molecule has 0 aromatic heterocycles. The molecule has 0 radical (unpaired) electrons. The molecular weight excluding hydrogens is 334 g/mol. The quantitative estimate of drug-likeness (QED) is 0.826. The van der Waals surface area contributed by atoms with Crippen molar-refractivity contribution in [3.63, 3.8) is 0 Å². The molecule has 0 unspecified atom stereocenters. The van der Waals surface area contributed by atoms with Crippen LogP contribution in [0.25, 0.3) is 0 Å². The predicted molar refractivity (Wildman–Crippen MR) is 86.1 cm³/mol. The number of piperidine rings is 1. The Morgan fingerprint density at radius 1 is 1.29 bits per heavy atom. The van der Waals surface area contributed by atoms with Gasteiger partial charge in [0, 0.05) is 17.6 Å². The lowest BCUT2D eigenvalue weighted by Crippen LogP contribution is -2.47. The summed E-state index contributed by atoms with van der Waals surface area (Å²) in [4.78, 5) is 28.1. The Kier molecular flexibility index (Phi) is 5.36. The lowest BCUT2D eigenvalue weighted by molar-refractivity contribution is -0.144. The number of halogens is 1. The molecule has 114 valence electrons. The Labute approximate surface area is 133 Å². The van der Waals surface area contributed by atoms with Gasteiger partial charge in [-0.3, -0.25) is 9.59 Å². The number of likely N-dealkylation sites (N-methyl/N-ethyl adjacent to an activating group) is 1. The highest BCUT2D eigenvalue weighted by Crippen LogP contribution is 2.21. The van der Waals surface area contributed by atoms with E-state index in [0.29, 0.717) is 5.69 Å². The molecule has 5 nitrogen and oxygen atoms in total. The fourth-order valence-electron chi connectivity index (χ4n) is 2.45. The van der Waals surface area contributed by atoms with Crippen LogP contribution in [0.1, 0.15) is 12.8 Å². The molecule has 0 saturated carbocycles. The van der Waals surface area contributed by atoms with Crippen molar-refractivity contribution in [2.24, 2.45) is 0 Å². The average molecular weight is 354 g/mol. The van der Waals surface area contributed by atoms with Crippen LogP contribution in [0.4, 0.5) is 5.69 Å². The SMILES string of the molecule is CN1CCC(N(C)C(=O)C(=O)Nc2ccccc2Br)CC1. The van der Waals surface area contributed by atoms with Crippen molar-refractivity contribution < 1.29 is 9.59 Å². The fourth-order valence-corrected chi connectivity index (χ4v) is 2.83. The predicted octanol–water partition coefficient (Wildman–Crippen LogP) is 1.94. The highest BCUT2D eigenvalue weighted by atomic mass is 79.9. The van der Waals surface area contributed by atoms with Gasteiger partial charge in [-0.25, -0.2) is 0 Å². The fraction of sp³-hybridized carbons (Fsp3) is 0.467. The van der Waals surface area contributed by atoms with E-state index in [-0.39, 0.29) is 6.04 Å².